The fraction of sp³-hybridized carbons (Fsp3) is 0.688. The molecule has 0 fully saturated rings. The van der Waals surface area contributed by atoms with Crippen molar-refractivity contribution < 1.29 is 19.1 Å². The predicted molar refractivity (Wildman–Crippen MR) is 97.4 cm³/mol. The monoisotopic (exact) mass is 361 g/mol. The Balaban J connectivity index is 5.15. The molecule has 7 heteroatoms. The summed E-state index contributed by atoms with van der Waals surface area (Å²) in [4.78, 5) is 37.6. The first-order chi connectivity index (χ1) is 10.6. The quantitative estimate of drug-likeness (QED) is 0.376. The van der Waals surface area contributed by atoms with Gasteiger partial charge in [0, 0.05) is 19.9 Å². The van der Waals surface area contributed by atoms with E-state index in [4.69, 9.17) is 4.74 Å². The van der Waals surface area contributed by atoms with Crippen molar-refractivity contribution in [3.05, 3.63) is 12.7 Å². The van der Waals surface area contributed by atoms with Crippen LogP contribution in [0.15, 0.2) is 12.7 Å². The van der Waals surface area contributed by atoms with Gasteiger partial charge in [0.25, 0.3) is 0 Å². The molecule has 0 aromatic heterocycles. The summed E-state index contributed by atoms with van der Waals surface area (Å²) >= 11 is 2.99. The molecule has 0 rings (SSSR count). The van der Waals surface area contributed by atoms with E-state index in [-0.39, 0.29) is 29.2 Å². The molecule has 0 aliphatic rings. The normalized spacial score (nSPS) is 12.7. The molecule has 5 nitrogen and oxygen atoms in total. The van der Waals surface area contributed by atoms with Crippen LogP contribution < -0.4 is 0 Å². The number of nitrogens with zero attached hydrogens (tertiary/aromatic N) is 1. The van der Waals surface area contributed by atoms with Gasteiger partial charge in [0.2, 0.25) is 11.8 Å². The lowest BCUT2D eigenvalue weighted by Crippen LogP contribution is -2.39. The fourth-order valence-electron chi connectivity index (χ4n) is 1.82. The van der Waals surface area contributed by atoms with Gasteiger partial charge in [-0.1, -0.05) is 6.08 Å². The first-order valence-corrected chi connectivity index (χ1v) is 9.83. The van der Waals surface area contributed by atoms with Gasteiger partial charge in [-0.15, -0.1) is 6.58 Å². The molecule has 0 aliphatic carbocycles. The van der Waals surface area contributed by atoms with Crippen molar-refractivity contribution >= 4 is 41.3 Å². The maximum atomic E-state index is 12.5. The molecular formula is C16H27NO4S2. The standard InChI is InChI=1S/C16H27NO4S2/c1-8-9-12(18)17(5)13(19)10-11(15(22-6)23-7)14(20)21-16(2,3)4/h8,11,15H,1,9-10H2,2-7H3. The summed E-state index contributed by atoms with van der Waals surface area (Å²) in [6.45, 7) is 8.85. The number of thioether (sulfide) groups is 2. The number of ether oxygens (including phenoxy) is 1. The summed E-state index contributed by atoms with van der Waals surface area (Å²) in [6.07, 6.45) is 5.25. The third-order valence-corrected chi connectivity index (χ3v) is 5.71. The minimum Gasteiger partial charge on any atom is -0.460 e. The van der Waals surface area contributed by atoms with Crippen LogP contribution in [0.3, 0.4) is 0 Å². The molecular weight excluding hydrogens is 334 g/mol. The van der Waals surface area contributed by atoms with Gasteiger partial charge < -0.3 is 4.74 Å². The van der Waals surface area contributed by atoms with E-state index in [1.165, 1.54) is 36.6 Å². The van der Waals surface area contributed by atoms with Gasteiger partial charge in [0.15, 0.2) is 0 Å². The Hall–Kier alpha value is -0.950. The second-order valence-corrected chi connectivity index (χ2v) is 8.28. The first kappa shape index (κ1) is 22.1. The van der Waals surface area contributed by atoms with Gasteiger partial charge >= 0.3 is 5.97 Å². The van der Waals surface area contributed by atoms with E-state index >= 15 is 0 Å². The van der Waals surface area contributed by atoms with Crippen molar-refractivity contribution in [2.75, 3.05) is 19.6 Å². The van der Waals surface area contributed by atoms with Crippen LogP contribution in [0.1, 0.15) is 33.6 Å². The fourth-order valence-corrected chi connectivity index (χ4v) is 3.66. The van der Waals surface area contributed by atoms with Crippen molar-refractivity contribution in [3.8, 4) is 0 Å². The van der Waals surface area contributed by atoms with Gasteiger partial charge in [-0.2, -0.15) is 23.5 Å². The highest BCUT2D eigenvalue weighted by Crippen LogP contribution is 2.31. The number of hydrogen-bond acceptors (Lipinski definition) is 6. The topological polar surface area (TPSA) is 63.7 Å². The van der Waals surface area contributed by atoms with E-state index in [0.29, 0.717) is 0 Å². The maximum Gasteiger partial charge on any atom is 0.311 e. The van der Waals surface area contributed by atoms with Crippen LogP contribution in [0.2, 0.25) is 0 Å². The van der Waals surface area contributed by atoms with E-state index < -0.39 is 17.5 Å². The molecule has 0 bridgehead atoms. The lowest BCUT2D eigenvalue weighted by atomic mass is 10.1. The number of hydrogen-bond donors (Lipinski definition) is 0. The van der Waals surface area contributed by atoms with Gasteiger partial charge in [0.1, 0.15) is 5.60 Å². The largest absolute Gasteiger partial charge is 0.460 e. The minimum atomic E-state index is -0.621. The molecule has 0 radical (unpaired) electrons. The van der Waals surface area contributed by atoms with E-state index in [9.17, 15) is 14.4 Å². The minimum absolute atomic E-state index is 0.0549. The van der Waals surface area contributed by atoms with E-state index in [1.807, 2.05) is 12.5 Å². The van der Waals surface area contributed by atoms with Gasteiger partial charge in [-0.25, -0.2) is 0 Å². The number of amides is 2. The van der Waals surface area contributed by atoms with E-state index in [0.717, 1.165) is 4.90 Å². The van der Waals surface area contributed by atoms with Gasteiger partial charge in [-0.05, 0) is 33.3 Å². The Morgan fingerprint density at radius 1 is 1.17 bits per heavy atom. The summed E-state index contributed by atoms with van der Waals surface area (Å²) in [6, 6.07) is 0. The smallest absolute Gasteiger partial charge is 0.311 e. The zero-order valence-corrected chi connectivity index (χ0v) is 16.4. The molecule has 0 aromatic carbocycles. The Morgan fingerprint density at radius 3 is 2.09 bits per heavy atom. The van der Waals surface area contributed by atoms with E-state index in [2.05, 4.69) is 6.58 Å². The summed E-state index contributed by atoms with van der Waals surface area (Å²) in [5.41, 5.74) is -0.621. The SMILES string of the molecule is C=CCC(=O)N(C)C(=O)CC(C(=O)OC(C)(C)C)C(SC)SC. The molecule has 0 N–H and O–H groups in total. The van der Waals surface area contributed by atoms with Crippen LogP contribution in [0.25, 0.3) is 0 Å². The number of carbonyl (C=O) groups excluding carboxylic acids is 3. The van der Waals surface area contributed by atoms with Crippen LogP contribution in [-0.4, -0.2) is 52.4 Å². The molecule has 132 valence electrons. The van der Waals surface area contributed by atoms with Crippen LogP contribution in [0, 0.1) is 5.92 Å². The molecule has 0 saturated heterocycles. The second-order valence-electron chi connectivity index (χ2n) is 6.02. The molecule has 0 saturated carbocycles. The average molecular weight is 362 g/mol. The molecule has 23 heavy (non-hydrogen) atoms. The number of esters is 1. The first-order valence-electron chi connectivity index (χ1n) is 7.26. The Kier molecular flexibility index (Phi) is 9.61. The zero-order chi connectivity index (χ0) is 18.2. The highest BCUT2D eigenvalue weighted by Gasteiger charge is 2.34. The third kappa shape index (κ3) is 7.92. The van der Waals surface area contributed by atoms with Crippen LogP contribution in [0.5, 0.6) is 0 Å². The highest BCUT2D eigenvalue weighted by atomic mass is 32.2. The van der Waals surface area contributed by atoms with Gasteiger partial charge in [0.05, 0.1) is 10.5 Å². The molecule has 1 unspecified atom stereocenters. The van der Waals surface area contributed by atoms with Crippen molar-refractivity contribution in [3.63, 3.8) is 0 Å². The Labute approximate surface area is 147 Å². The molecule has 0 spiro atoms. The molecule has 0 heterocycles. The zero-order valence-electron chi connectivity index (χ0n) is 14.8. The number of imide groups is 1. The van der Waals surface area contributed by atoms with Crippen molar-refractivity contribution in [2.45, 2.75) is 43.8 Å². The second kappa shape index (κ2) is 10.0. The maximum absolute atomic E-state index is 12.5. The Bertz CT molecular complexity index is 442. The van der Waals surface area contributed by atoms with Crippen LogP contribution >= 0.6 is 23.5 Å². The van der Waals surface area contributed by atoms with Crippen molar-refractivity contribution in [2.24, 2.45) is 5.92 Å². The predicted octanol–water partition coefficient (Wildman–Crippen LogP) is 2.95. The summed E-state index contributed by atoms with van der Waals surface area (Å²) in [7, 11) is 1.42. The average Bonchev–Trinajstić information content (AvgIpc) is 2.44. The van der Waals surface area contributed by atoms with Crippen LogP contribution in [-0.2, 0) is 19.1 Å². The molecule has 0 aromatic rings. The molecule has 1 atom stereocenters. The van der Waals surface area contributed by atoms with Crippen molar-refractivity contribution in [1.82, 2.24) is 4.90 Å². The number of carbonyl (C=O) groups is 3. The lowest BCUT2D eigenvalue weighted by Gasteiger charge is -2.28. The lowest BCUT2D eigenvalue weighted by molar-refractivity contribution is -0.162. The molecule has 2 amide bonds. The Morgan fingerprint density at radius 2 is 1.70 bits per heavy atom. The van der Waals surface area contributed by atoms with E-state index in [1.54, 1.807) is 20.8 Å². The highest BCUT2D eigenvalue weighted by molar-refractivity contribution is 8.16. The van der Waals surface area contributed by atoms with Crippen molar-refractivity contribution in [1.29, 1.82) is 0 Å². The molecule has 0 aliphatic heterocycles. The van der Waals surface area contributed by atoms with Crippen LogP contribution in [0.4, 0.5) is 0 Å². The summed E-state index contributed by atoms with van der Waals surface area (Å²) < 4.78 is 5.32. The summed E-state index contributed by atoms with van der Waals surface area (Å²) in [5.74, 6) is -1.74. The van der Waals surface area contributed by atoms with Gasteiger partial charge in [-0.3, -0.25) is 19.3 Å². The number of rotatable bonds is 8. The third-order valence-electron chi connectivity index (χ3n) is 2.96. The summed E-state index contributed by atoms with van der Waals surface area (Å²) in [5, 5.41) is 0.